The molecule has 270 valence electrons. The monoisotopic (exact) mass is 688 g/mol. The van der Waals surface area contributed by atoms with E-state index in [1.807, 2.05) is 13.0 Å². The van der Waals surface area contributed by atoms with Crippen molar-refractivity contribution in [1.82, 2.24) is 0 Å². The van der Waals surface area contributed by atoms with Crippen molar-refractivity contribution in [3.05, 3.63) is 24.2 Å². The van der Waals surface area contributed by atoms with Crippen molar-refractivity contribution in [2.75, 3.05) is 7.11 Å². The van der Waals surface area contributed by atoms with Gasteiger partial charge in [-0.05, 0) is 30.4 Å². The molecule has 5 fully saturated rings. The minimum atomic E-state index is -1.13. The lowest BCUT2D eigenvalue weighted by atomic mass is 9.42. The van der Waals surface area contributed by atoms with Gasteiger partial charge in [0.25, 0.3) is 0 Å². The molecule has 0 radical (unpaired) electrons. The fourth-order valence-electron chi connectivity index (χ4n) is 10.7. The predicted octanol–water partition coefficient (Wildman–Crippen LogP) is 3.49. The molecule has 0 bridgehead atoms. The highest BCUT2D eigenvalue weighted by molar-refractivity contribution is 5.72. The van der Waals surface area contributed by atoms with Gasteiger partial charge in [0.2, 0.25) is 0 Å². The Hall–Kier alpha value is -3.45. The molecule has 1 saturated heterocycles. The third-order valence-corrected chi connectivity index (χ3v) is 12.6. The van der Waals surface area contributed by atoms with Crippen molar-refractivity contribution < 1.29 is 61.9 Å². The zero-order chi connectivity index (χ0) is 35.8. The third-order valence-electron chi connectivity index (χ3n) is 12.6. The van der Waals surface area contributed by atoms with Gasteiger partial charge in [0.15, 0.2) is 0 Å². The number of fused-ring (bicyclic) bond motifs is 3. The summed E-state index contributed by atoms with van der Waals surface area (Å²) in [7, 11) is 1.27. The summed E-state index contributed by atoms with van der Waals surface area (Å²) in [6.07, 6.45) is -1.52. The number of aliphatic hydroxyl groups excluding tert-OH is 1. The van der Waals surface area contributed by atoms with Crippen molar-refractivity contribution in [2.24, 2.45) is 40.4 Å². The minimum absolute atomic E-state index is 0.00896. The standard InChI is InChI=1S/C36H48O13/c1-16(2)33(42)48-31-29-28-22(34(6,14-27(41)43-8)25(40)13-23(28)45-17(3)37)11-24(46-18(4)38)30(29)36-26(49-36)12-21(20-9-10-44-15-20)35(36,7)32(31)47-19(5)39/h9-10,15-16,21-26,28-32,40H,11-14H2,1-8H3. The molecule has 13 nitrogen and oxygen atoms in total. The quantitative estimate of drug-likeness (QED) is 0.239. The Balaban J connectivity index is 1.62. The summed E-state index contributed by atoms with van der Waals surface area (Å²) in [6, 6.07) is 1.86. The average molecular weight is 689 g/mol. The van der Waals surface area contributed by atoms with Gasteiger partial charge >= 0.3 is 29.8 Å². The first-order chi connectivity index (χ1) is 23.0. The van der Waals surface area contributed by atoms with Crippen molar-refractivity contribution in [1.29, 1.82) is 0 Å². The van der Waals surface area contributed by atoms with E-state index in [2.05, 4.69) is 0 Å². The van der Waals surface area contributed by atoms with Crippen LogP contribution in [0.5, 0.6) is 0 Å². The molecule has 14 atom stereocenters. The highest BCUT2D eigenvalue weighted by atomic mass is 16.6. The summed E-state index contributed by atoms with van der Waals surface area (Å²) in [5.74, 6) is -6.20. The summed E-state index contributed by atoms with van der Waals surface area (Å²) in [5.41, 5.74) is -2.27. The number of hydrogen-bond acceptors (Lipinski definition) is 13. The first-order valence-corrected chi connectivity index (χ1v) is 17.2. The lowest BCUT2D eigenvalue weighted by Crippen LogP contribution is -2.74. The molecule has 1 aromatic heterocycles. The number of methoxy groups -OCH3 is 1. The van der Waals surface area contributed by atoms with Crippen molar-refractivity contribution in [3.8, 4) is 0 Å². The Bertz CT molecular complexity index is 1490. The normalized spacial score (nSPS) is 43.2. The maximum atomic E-state index is 13.7. The van der Waals surface area contributed by atoms with Gasteiger partial charge in [0.05, 0.1) is 44.2 Å². The third kappa shape index (κ3) is 5.37. The van der Waals surface area contributed by atoms with E-state index >= 15 is 0 Å². The van der Waals surface area contributed by atoms with Crippen LogP contribution >= 0.6 is 0 Å². The minimum Gasteiger partial charge on any atom is -0.472 e. The number of carbonyl (C=O) groups is 5. The molecule has 49 heavy (non-hydrogen) atoms. The van der Waals surface area contributed by atoms with Crippen LogP contribution in [0.25, 0.3) is 0 Å². The Morgan fingerprint density at radius 2 is 1.57 bits per heavy atom. The second-order valence-electron chi connectivity index (χ2n) is 15.4. The van der Waals surface area contributed by atoms with E-state index in [0.29, 0.717) is 6.42 Å². The molecule has 5 aliphatic rings. The lowest BCUT2D eigenvalue weighted by Gasteiger charge is -2.65. The van der Waals surface area contributed by atoms with E-state index in [-0.39, 0.29) is 31.3 Å². The molecule has 4 saturated carbocycles. The SMILES string of the molecule is COC(=O)CC1(C)C(O)CC(OC(C)=O)C2C3C(OC(=O)C(C)C)C(OC(C)=O)C4(C)C(c5ccoc5)CC5OC54C3C(OC(C)=O)CC21. The molecular formula is C36H48O13. The van der Waals surface area contributed by atoms with Crippen LogP contribution in [0.1, 0.15) is 85.6 Å². The molecule has 2 heterocycles. The zero-order valence-electron chi connectivity index (χ0n) is 29.3. The van der Waals surface area contributed by atoms with Crippen LogP contribution in [0.2, 0.25) is 0 Å². The fraction of sp³-hybridized carbons (Fsp3) is 0.750. The molecule has 0 aromatic carbocycles. The van der Waals surface area contributed by atoms with Crippen LogP contribution in [0, 0.1) is 40.4 Å². The van der Waals surface area contributed by atoms with E-state index in [1.165, 1.54) is 27.9 Å². The summed E-state index contributed by atoms with van der Waals surface area (Å²) >= 11 is 0. The number of rotatable bonds is 8. The maximum absolute atomic E-state index is 13.7. The molecule has 1 spiro atoms. The second kappa shape index (κ2) is 12.4. The van der Waals surface area contributed by atoms with Gasteiger partial charge in [0, 0.05) is 61.7 Å². The van der Waals surface area contributed by atoms with Crippen LogP contribution in [-0.2, 0) is 52.4 Å². The van der Waals surface area contributed by atoms with Crippen LogP contribution in [-0.4, -0.2) is 84.3 Å². The highest BCUT2D eigenvalue weighted by Gasteiger charge is 2.87. The maximum Gasteiger partial charge on any atom is 0.308 e. The molecule has 1 aromatic rings. The molecular weight excluding hydrogens is 640 g/mol. The molecule has 6 rings (SSSR count). The number of carbonyl (C=O) groups excluding carboxylic acids is 5. The van der Waals surface area contributed by atoms with Gasteiger partial charge in [-0.15, -0.1) is 0 Å². The van der Waals surface area contributed by atoms with Crippen molar-refractivity contribution in [3.63, 3.8) is 0 Å². The van der Waals surface area contributed by atoms with Crippen LogP contribution in [0.15, 0.2) is 23.0 Å². The number of furan rings is 1. The van der Waals surface area contributed by atoms with Crippen molar-refractivity contribution >= 4 is 29.8 Å². The smallest absolute Gasteiger partial charge is 0.308 e. The summed E-state index contributed by atoms with van der Waals surface area (Å²) in [6.45, 7) is 11.1. The molecule has 13 heteroatoms. The largest absolute Gasteiger partial charge is 0.472 e. The van der Waals surface area contributed by atoms with Gasteiger partial charge in [-0.1, -0.05) is 27.7 Å². The molecule has 1 N–H and O–H groups in total. The lowest BCUT2D eigenvalue weighted by molar-refractivity contribution is -0.278. The Labute approximate surface area is 285 Å². The van der Waals surface area contributed by atoms with Crippen LogP contribution in [0.3, 0.4) is 0 Å². The first kappa shape index (κ1) is 35.4. The molecule has 4 aliphatic carbocycles. The predicted molar refractivity (Wildman–Crippen MR) is 167 cm³/mol. The van der Waals surface area contributed by atoms with E-state index in [9.17, 15) is 29.1 Å². The molecule has 14 unspecified atom stereocenters. The topological polar surface area (TPSA) is 177 Å². The number of ether oxygens (including phenoxy) is 6. The second-order valence-corrected chi connectivity index (χ2v) is 15.4. The Morgan fingerprint density at radius 3 is 2.14 bits per heavy atom. The van der Waals surface area contributed by atoms with Gasteiger partial charge in [-0.3, -0.25) is 24.0 Å². The van der Waals surface area contributed by atoms with Gasteiger partial charge < -0.3 is 37.9 Å². The van der Waals surface area contributed by atoms with Crippen molar-refractivity contribution in [2.45, 2.75) is 122 Å². The number of esters is 5. The van der Waals surface area contributed by atoms with Gasteiger partial charge in [-0.2, -0.15) is 0 Å². The van der Waals surface area contributed by atoms with Gasteiger partial charge in [0.1, 0.15) is 30.0 Å². The number of aliphatic hydroxyl groups is 1. The zero-order valence-corrected chi connectivity index (χ0v) is 29.3. The Morgan fingerprint density at radius 1 is 0.918 bits per heavy atom. The number of epoxide rings is 1. The fourth-order valence-corrected chi connectivity index (χ4v) is 10.7. The van der Waals surface area contributed by atoms with E-state index in [4.69, 9.17) is 32.8 Å². The number of hydrogen-bond donors (Lipinski definition) is 1. The van der Waals surface area contributed by atoms with E-state index in [1.54, 1.807) is 33.3 Å². The van der Waals surface area contributed by atoms with Crippen LogP contribution < -0.4 is 0 Å². The molecule has 0 amide bonds. The average Bonchev–Trinajstić information content (AvgIpc) is 3.33. The summed E-state index contributed by atoms with van der Waals surface area (Å²) in [5, 5.41) is 11.7. The highest BCUT2D eigenvalue weighted by Crippen LogP contribution is 2.78. The van der Waals surface area contributed by atoms with Crippen LogP contribution in [0.4, 0.5) is 0 Å². The van der Waals surface area contributed by atoms with E-state index < -0.39 is 106 Å². The van der Waals surface area contributed by atoms with E-state index in [0.717, 1.165) is 5.56 Å². The Kier molecular flexibility index (Phi) is 8.95. The summed E-state index contributed by atoms with van der Waals surface area (Å²) in [4.78, 5) is 65.1. The molecule has 1 aliphatic heterocycles. The first-order valence-electron chi connectivity index (χ1n) is 17.2. The van der Waals surface area contributed by atoms with Gasteiger partial charge in [-0.25, -0.2) is 0 Å². The summed E-state index contributed by atoms with van der Waals surface area (Å²) < 4.78 is 42.2.